The van der Waals surface area contributed by atoms with Gasteiger partial charge in [-0.1, -0.05) is 0 Å². The van der Waals surface area contributed by atoms with Gasteiger partial charge >= 0.3 is 5.97 Å². The van der Waals surface area contributed by atoms with Gasteiger partial charge in [-0.05, 0) is 44.6 Å². The standard InChI is InChI=1S/C17H23NO4S/c1-10-11(2)23-9-14(10)16(19)18-6-3-12(4-7-18)15-13(17(20)21)5-8-22-15/h9,12-13,15H,3-8H2,1-2H3,(H,20,21)/t13?,15-/m0/s1. The van der Waals surface area contributed by atoms with Crippen molar-refractivity contribution in [1.82, 2.24) is 4.90 Å². The normalized spacial score (nSPS) is 25.7. The summed E-state index contributed by atoms with van der Waals surface area (Å²) in [4.78, 5) is 27.0. The predicted octanol–water partition coefficient (Wildman–Crippen LogP) is 2.71. The van der Waals surface area contributed by atoms with Gasteiger partial charge in [0.15, 0.2) is 0 Å². The molecule has 1 aromatic rings. The molecule has 1 amide bonds. The zero-order valence-corrected chi connectivity index (χ0v) is 14.4. The van der Waals surface area contributed by atoms with Crippen molar-refractivity contribution in [2.75, 3.05) is 19.7 Å². The fraction of sp³-hybridized carbons (Fsp3) is 0.647. The Morgan fingerprint density at radius 1 is 1.26 bits per heavy atom. The second kappa shape index (κ2) is 6.61. The van der Waals surface area contributed by atoms with E-state index in [1.54, 1.807) is 11.3 Å². The van der Waals surface area contributed by atoms with E-state index in [9.17, 15) is 14.7 Å². The van der Waals surface area contributed by atoms with Crippen LogP contribution in [0.3, 0.4) is 0 Å². The monoisotopic (exact) mass is 337 g/mol. The lowest BCUT2D eigenvalue weighted by molar-refractivity contribution is -0.145. The van der Waals surface area contributed by atoms with Gasteiger partial charge in [0.1, 0.15) is 0 Å². The summed E-state index contributed by atoms with van der Waals surface area (Å²) in [6, 6.07) is 0. The van der Waals surface area contributed by atoms with E-state index in [4.69, 9.17) is 4.74 Å². The molecule has 2 aliphatic rings. The second-order valence-electron chi connectivity index (χ2n) is 6.53. The quantitative estimate of drug-likeness (QED) is 0.921. The summed E-state index contributed by atoms with van der Waals surface area (Å²) in [5, 5.41) is 11.2. The maximum Gasteiger partial charge on any atom is 0.309 e. The first-order valence-corrected chi connectivity index (χ1v) is 9.05. The number of hydrogen-bond acceptors (Lipinski definition) is 4. The topological polar surface area (TPSA) is 66.8 Å². The second-order valence-corrected chi connectivity index (χ2v) is 7.61. The molecule has 126 valence electrons. The van der Waals surface area contributed by atoms with E-state index in [-0.39, 0.29) is 23.8 Å². The van der Waals surface area contributed by atoms with Crippen LogP contribution >= 0.6 is 11.3 Å². The Bertz CT molecular complexity index is 604. The van der Waals surface area contributed by atoms with E-state index in [1.165, 1.54) is 4.88 Å². The molecule has 1 N–H and O–H groups in total. The van der Waals surface area contributed by atoms with Gasteiger partial charge in [-0.2, -0.15) is 0 Å². The van der Waals surface area contributed by atoms with Gasteiger partial charge in [-0.3, -0.25) is 9.59 Å². The Hall–Kier alpha value is -1.40. The lowest BCUT2D eigenvalue weighted by Gasteiger charge is -2.35. The van der Waals surface area contributed by atoms with Crippen molar-refractivity contribution in [3.8, 4) is 0 Å². The van der Waals surface area contributed by atoms with Gasteiger partial charge in [0.25, 0.3) is 5.91 Å². The molecule has 0 radical (unpaired) electrons. The molecule has 5 nitrogen and oxygen atoms in total. The number of carbonyl (C=O) groups excluding carboxylic acids is 1. The summed E-state index contributed by atoms with van der Waals surface area (Å²) in [6.07, 6.45) is 2.06. The molecular weight excluding hydrogens is 314 g/mol. The smallest absolute Gasteiger partial charge is 0.309 e. The highest BCUT2D eigenvalue weighted by atomic mass is 32.1. The minimum absolute atomic E-state index is 0.104. The average molecular weight is 337 g/mol. The number of aliphatic carboxylic acids is 1. The van der Waals surface area contributed by atoms with Crippen LogP contribution in [0.1, 0.15) is 40.1 Å². The number of ether oxygens (including phenoxy) is 1. The highest BCUT2D eigenvalue weighted by molar-refractivity contribution is 7.10. The van der Waals surface area contributed by atoms with E-state index in [2.05, 4.69) is 0 Å². The van der Waals surface area contributed by atoms with Crippen LogP contribution in [0.15, 0.2) is 5.38 Å². The molecule has 0 bridgehead atoms. The highest BCUT2D eigenvalue weighted by Gasteiger charge is 2.40. The van der Waals surface area contributed by atoms with Gasteiger partial charge in [-0.25, -0.2) is 0 Å². The van der Waals surface area contributed by atoms with Gasteiger partial charge in [0.05, 0.1) is 17.6 Å². The number of likely N-dealkylation sites (tertiary alicyclic amines) is 1. The van der Waals surface area contributed by atoms with Gasteiger partial charge in [0, 0.05) is 30.0 Å². The molecule has 2 atom stereocenters. The number of aryl methyl sites for hydroxylation is 1. The minimum atomic E-state index is -0.754. The number of rotatable bonds is 3. The third kappa shape index (κ3) is 3.15. The molecule has 0 spiro atoms. The van der Waals surface area contributed by atoms with E-state index >= 15 is 0 Å². The Kier molecular flexibility index (Phi) is 4.73. The number of carbonyl (C=O) groups is 2. The Morgan fingerprint density at radius 3 is 2.52 bits per heavy atom. The lowest BCUT2D eigenvalue weighted by atomic mass is 9.84. The largest absolute Gasteiger partial charge is 0.481 e. The number of thiophene rings is 1. The maximum absolute atomic E-state index is 12.6. The van der Waals surface area contributed by atoms with Crippen LogP contribution in [-0.2, 0) is 9.53 Å². The first-order chi connectivity index (χ1) is 11.0. The highest BCUT2D eigenvalue weighted by Crippen LogP contribution is 2.34. The first-order valence-electron chi connectivity index (χ1n) is 8.17. The first kappa shape index (κ1) is 16.5. The molecule has 0 aromatic carbocycles. The van der Waals surface area contributed by atoms with Crippen LogP contribution in [0.25, 0.3) is 0 Å². The molecule has 1 aromatic heterocycles. The minimum Gasteiger partial charge on any atom is -0.481 e. The van der Waals surface area contributed by atoms with Crippen molar-refractivity contribution >= 4 is 23.2 Å². The zero-order valence-electron chi connectivity index (χ0n) is 13.6. The van der Waals surface area contributed by atoms with E-state index in [1.807, 2.05) is 24.1 Å². The van der Waals surface area contributed by atoms with Crippen LogP contribution in [0.2, 0.25) is 0 Å². The van der Waals surface area contributed by atoms with Crippen molar-refractivity contribution in [1.29, 1.82) is 0 Å². The molecule has 23 heavy (non-hydrogen) atoms. The molecule has 3 heterocycles. The predicted molar refractivity (Wildman–Crippen MR) is 87.9 cm³/mol. The van der Waals surface area contributed by atoms with E-state index < -0.39 is 5.97 Å². The zero-order chi connectivity index (χ0) is 16.6. The summed E-state index contributed by atoms with van der Waals surface area (Å²) >= 11 is 1.62. The van der Waals surface area contributed by atoms with Crippen LogP contribution in [0, 0.1) is 25.7 Å². The summed E-state index contributed by atoms with van der Waals surface area (Å²) in [5.74, 6) is -0.792. The number of nitrogens with zero attached hydrogens (tertiary/aromatic N) is 1. The number of amides is 1. The molecule has 2 aliphatic heterocycles. The Balaban J connectivity index is 1.61. The van der Waals surface area contributed by atoms with Crippen LogP contribution in [0.5, 0.6) is 0 Å². The summed E-state index contributed by atoms with van der Waals surface area (Å²) in [7, 11) is 0. The SMILES string of the molecule is Cc1scc(C(=O)N2CCC([C@@H]3OCCC3C(=O)O)CC2)c1C. The maximum atomic E-state index is 12.6. The lowest BCUT2D eigenvalue weighted by Crippen LogP contribution is -2.43. The van der Waals surface area contributed by atoms with Crippen LogP contribution in [0.4, 0.5) is 0 Å². The molecule has 6 heteroatoms. The van der Waals surface area contributed by atoms with Crippen LogP contribution in [-0.4, -0.2) is 47.7 Å². The summed E-state index contributed by atoms with van der Waals surface area (Å²) < 4.78 is 5.69. The fourth-order valence-electron chi connectivity index (χ4n) is 3.67. The third-order valence-corrected chi connectivity index (χ3v) is 6.27. The molecular formula is C17H23NO4S. The molecule has 3 rings (SSSR count). The van der Waals surface area contributed by atoms with Crippen molar-refractivity contribution in [3.05, 3.63) is 21.4 Å². The Labute approximate surface area is 140 Å². The van der Waals surface area contributed by atoms with Crippen molar-refractivity contribution in [2.45, 2.75) is 39.2 Å². The molecule has 1 unspecified atom stereocenters. The van der Waals surface area contributed by atoms with Gasteiger partial charge in [-0.15, -0.1) is 11.3 Å². The number of hydrogen-bond donors (Lipinski definition) is 1. The summed E-state index contributed by atoms with van der Waals surface area (Å²) in [6.45, 7) is 5.93. The molecule has 0 saturated carbocycles. The van der Waals surface area contributed by atoms with Crippen LogP contribution < -0.4 is 0 Å². The van der Waals surface area contributed by atoms with Crippen molar-refractivity contribution < 1.29 is 19.4 Å². The number of carboxylic acid groups (broad SMARTS) is 1. The number of piperidine rings is 1. The third-order valence-electron chi connectivity index (χ3n) is 5.26. The Morgan fingerprint density at radius 2 is 1.96 bits per heavy atom. The molecule has 0 aliphatic carbocycles. The number of carboxylic acids is 1. The fourth-order valence-corrected chi connectivity index (χ4v) is 4.53. The average Bonchev–Trinajstić information content (AvgIpc) is 3.15. The van der Waals surface area contributed by atoms with Crippen molar-refractivity contribution in [2.24, 2.45) is 11.8 Å². The molecule has 2 fully saturated rings. The molecule has 2 saturated heterocycles. The van der Waals surface area contributed by atoms with Crippen molar-refractivity contribution in [3.63, 3.8) is 0 Å². The van der Waals surface area contributed by atoms with Gasteiger partial charge < -0.3 is 14.7 Å². The van der Waals surface area contributed by atoms with E-state index in [0.29, 0.717) is 26.1 Å². The van der Waals surface area contributed by atoms with E-state index in [0.717, 1.165) is 24.0 Å². The summed E-state index contributed by atoms with van der Waals surface area (Å²) in [5.41, 5.74) is 1.89. The van der Waals surface area contributed by atoms with Gasteiger partial charge in [0.2, 0.25) is 0 Å².